The summed E-state index contributed by atoms with van der Waals surface area (Å²) in [7, 11) is 1.56. The first-order valence-corrected chi connectivity index (χ1v) is 4.80. The monoisotopic (exact) mass is 218 g/mol. The summed E-state index contributed by atoms with van der Waals surface area (Å²) in [5, 5.41) is 2.59. The summed E-state index contributed by atoms with van der Waals surface area (Å²) < 4.78 is 5.13. The predicted molar refractivity (Wildman–Crippen MR) is 63.0 cm³/mol. The maximum absolute atomic E-state index is 10.6. The number of nitrogens with two attached hydrogens (primary N) is 1. The fourth-order valence-electron chi connectivity index (χ4n) is 1.12. The summed E-state index contributed by atoms with van der Waals surface area (Å²) in [4.78, 5) is 10.6. The third kappa shape index (κ3) is 3.54. The average molecular weight is 218 g/mol. The summed E-state index contributed by atoms with van der Waals surface area (Å²) in [6.07, 6.45) is 0. The first-order valence-electron chi connectivity index (χ1n) is 4.80. The van der Waals surface area contributed by atoms with Gasteiger partial charge >= 0.3 is 0 Å². The number of nitrogen functional groups attached to an aromatic ring is 1. The van der Waals surface area contributed by atoms with Crippen molar-refractivity contribution >= 4 is 11.6 Å². The van der Waals surface area contributed by atoms with E-state index in [2.05, 4.69) is 17.2 Å². The standard InChI is InChI=1S/C12H14N2O2/c1-9(15)14-7-3-4-10-5-6-11(13)8-12(10)16-2/h5-6,8H,7,13H2,1-2H3,(H,14,15). The molecule has 0 aliphatic carbocycles. The van der Waals surface area contributed by atoms with Gasteiger partial charge in [0.1, 0.15) is 5.75 Å². The lowest BCUT2D eigenvalue weighted by atomic mass is 10.2. The molecule has 0 unspecified atom stereocenters. The largest absolute Gasteiger partial charge is 0.495 e. The molecule has 0 aliphatic heterocycles. The number of rotatable bonds is 2. The van der Waals surface area contributed by atoms with E-state index >= 15 is 0 Å². The summed E-state index contributed by atoms with van der Waals surface area (Å²) in [5.41, 5.74) is 6.99. The molecule has 0 heterocycles. The van der Waals surface area contributed by atoms with Crippen molar-refractivity contribution in [2.45, 2.75) is 6.92 Å². The van der Waals surface area contributed by atoms with Crippen LogP contribution in [0.15, 0.2) is 18.2 Å². The van der Waals surface area contributed by atoms with Gasteiger partial charge in [0, 0.05) is 18.7 Å². The van der Waals surface area contributed by atoms with E-state index in [1.165, 1.54) is 6.92 Å². The molecule has 84 valence electrons. The van der Waals surface area contributed by atoms with Crippen LogP contribution in [-0.2, 0) is 4.79 Å². The molecule has 0 aliphatic rings. The highest BCUT2D eigenvalue weighted by Crippen LogP contribution is 2.20. The van der Waals surface area contributed by atoms with Gasteiger partial charge in [-0.25, -0.2) is 0 Å². The van der Waals surface area contributed by atoms with Gasteiger partial charge in [0.25, 0.3) is 0 Å². The zero-order valence-corrected chi connectivity index (χ0v) is 9.33. The number of ether oxygens (including phenoxy) is 1. The molecule has 1 aromatic carbocycles. The number of nitrogens with one attached hydrogen (secondary N) is 1. The van der Waals surface area contributed by atoms with Gasteiger partial charge in [-0.3, -0.25) is 4.79 Å². The highest BCUT2D eigenvalue weighted by molar-refractivity contribution is 5.73. The highest BCUT2D eigenvalue weighted by Gasteiger charge is 1.99. The van der Waals surface area contributed by atoms with Crippen LogP contribution in [0.1, 0.15) is 12.5 Å². The molecule has 0 bridgehead atoms. The minimum absolute atomic E-state index is 0.0985. The summed E-state index contributed by atoms with van der Waals surface area (Å²) in [6.45, 7) is 1.77. The lowest BCUT2D eigenvalue weighted by Crippen LogP contribution is -2.19. The Morgan fingerprint density at radius 2 is 2.31 bits per heavy atom. The van der Waals surface area contributed by atoms with E-state index in [1.54, 1.807) is 25.3 Å². The smallest absolute Gasteiger partial charge is 0.217 e. The van der Waals surface area contributed by atoms with Gasteiger partial charge in [-0.2, -0.15) is 0 Å². The number of hydrogen-bond acceptors (Lipinski definition) is 3. The molecule has 16 heavy (non-hydrogen) atoms. The first kappa shape index (κ1) is 11.9. The van der Waals surface area contributed by atoms with Crippen LogP contribution in [0.5, 0.6) is 5.75 Å². The molecular weight excluding hydrogens is 204 g/mol. The van der Waals surface area contributed by atoms with Crippen LogP contribution in [0.25, 0.3) is 0 Å². The Hall–Kier alpha value is -2.15. The average Bonchev–Trinajstić information content (AvgIpc) is 2.25. The molecule has 0 radical (unpaired) electrons. The Balaban J connectivity index is 2.76. The van der Waals surface area contributed by atoms with Crippen molar-refractivity contribution in [3.05, 3.63) is 23.8 Å². The maximum atomic E-state index is 10.6. The van der Waals surface area contributed by atoms with Gasteiger partial charge in [0.15, 0.2) is 0 Å². The quantitative estimate of drug-likeness (QED) is 0.569. The van der Waals surface area contributed by atoms with Gasteiger partial charge in [-0.1, -0.05) is 11.8 Å². The van der Waals surface area contributed by atoms with E-state index < -0.39 is 0 Å². The van der Waals surface area contributed by atoms with E-state index in [-0.39, 0.29) is 5.91 Å². The molecule has 0 aromatic heterocycles. The molecule has 1 amide bonds. The minimum Gasteiger partial charge on any atom is -0.495 e. The van der Waals surface area contributed by atoms with Crippen LogP contribution in [0.2, 0.25) is 0 Å². The molecular formula is C12H14N2O2. The fraction of sp³-hybridized carbons (Fsp3) is 0.250. The zero-order chi connectivity index (χ0) is 12.0. The molecule has 0 atom stereocenters. The lowest BCUT2D eigenvalue weighted by molar-refractivity contribution is -0.118. The second-order valence-electron chi connectivity index (χ2n) is 3.17. The zero-order valence-electron chi connectivity index (χ0n) is 9.33. The number of anilines is 1. The Labute approximate surface area is 94.8 Å². The first-order chi connectivity index (χ1) is 7.63. The molecule has 1 aromatic rings. The van der Waals surface area contributed by atoms with Gasteiger partial charge in [0.2, 0.25) is 5.91 Å². The molecule has 0 saturated carbocycles. The molecule has 4 nitrogen and oxygen atoms in total. The van der Waals surface area contributed by atoms with E-state index in [1.807, 2.05) is 0 Å². The number of amides is 1. The Morgan fingerprint density at radius 3 is 2.94 bits per heavy atom. The Morgan fingerprint density at radius 1 is 1.56 bits per heavy atom. The molecule has 0 fully saturated rings. The van der Waals surface area contributed by atoms with E-state index in [0.717, 1.165) is 5.56 Å². The number of benzene rings is 1. The summed E-state index contributed by atoms with van der Waals surface area (Å²) >= 11 is 0. The van der Waals surface area contributed by atoms with Gasteiger partial charge in [-0.15, -0.1) is 0 Å². The van der Waals surface area contributed by atoms with Crippen molar-refractivity contribution in [2.24, 2.45) is 0 Å². The van der Waals surface area contributed by atoms with E-state index in [0.29, 0.717) is 18.0 Å². The Kier molecular flexibility index (Phi) is 4.22. The number of carbonyl (C=O) groups is 1. The lowest BCUT2D eigenvalue weighted by Gasteiger charge is -2.03. The van der Waals surface area contributed by atoms with Crippen molar-refractivity contribution in [3.8, 4) is 17.6 Å². The van der Waals surface area contributed by atoms with Crippen LogP contribution < -0.4 is 15.8 Å². The SMILES string of the molecule is COc1cc(N)ccc1C#CCNC(C)=O. The molecule has 4 heteroatoms. The van der Waals surface area contributed by atoms with Crippen LogP contribution in [0.4, 0.5) is 5.69 Å². The van der Waals surface area contributed by atoms with Crippen LogP contribution in [0.3, 0.4) is 0 Å². The maximum Gasteiger partial charge on any atom is 0.217 e. The van der Waals surface area contributed by atoms with Crippen molar-refractivity contribution in [1.82, 2.24) is 5.32 Å². The van der Waals surface area contributed by atoms with Crippen LogP contribution >= 0.6 is 0 Å². The Bertz CT molecular complexity index is 444. The third-order valence-electron chi connectivity index (χ3n) is 1.87. The molecule has 0 saturated heterocycles. The van der Waals surface area contributed by atoms with Crippen LogP contribution in [-0.4, -0.2) is 19.6 Å². The van der Waals surface area contributed by atoms with Crippen molar-refractivity contribution < 1.29 is 9.53 Å². The third-order valence-corrected chi connectivity index (χ3v) is 1.87. The molecule has 1 rings (SSSR count). The normalized spacial score (nSPS) is 8.88. The molecule has 0 spiro atoms. The summed E-state index contributed by atoms with van der Waals surface area (Å²) in [6, 6.07) is 5.25. The molecule has 3 N–H and O–H groups in total. The number of carbonyl (C=O) groups excluding carboxylic acids is 1. The van der Waals surface area contributed by atoms with Gasteiger partial charge in [-0.05, 0) is 12.1 Å². The second-order valence-corrected chi connectivity index (χ2v) is 3.17. The van der Waals surface area contributed by atoms with Gasteiger partial charge < -0.3 is 15.8 Å². The van der Waals surface area contributed by atoms with Crippen molar-refractivity contribution in [1.29, 1.82) is 0 Å². The van der Waals surface area contributed by atoms with Crippen molar-refractivity contribution in [3.63, 3.8) is 0 Å². The highest BCUT2D eigenvalue weighted by atomic mass is 16.5. The second kappa shape index (κ2) is 5.66. The van der Waals surface area contributed by atoms with E-state index in [9.17, 15) is 4.79 Å². The fourth-order valence-corrected chi connectivity index (χ4v) is 1.12. The van der Waals surface area contributed by atoms with E-state index in [4.69, 9.17) is 10.5 Å². The predicted octanol–water partition coefficient (Wildman–Crippen LogP) is 0.765. The van der Waals surface area contributed by atoms with Crippen LogP contribution in [0, 0.1) is 11.8 Å². The van der Waals surface area contributed by atoms with Gasteiger partial charge in [0.05, 0.1) is 19.2 Å². The van der Waals surface area contributed by atoms with Crippen molar-refractivity contribution in [2.75, 3.05) is 19.4 Å². The summed E-state index contributed by atoms with van der Waals surface area (Å²) in [5.74, 6) is 6.26. The number of methoxy groups -OCH3 is 1. The topological polar surface area (TPSA) is 64.3 Å². The minimum atomic E-state index is -0.0985. The number of hydrogen-bond donors (Lipinski definition) is 2.